The zero-order chi connectivity index (χ0) is 12.8. The number of piperidine rings is 1. The monoisotopic (exact) mass is 271 g/mol. The molecule has 2 aromatic rings. The van der Waals surface area contributed by atoms with Crippen LogP contribution in [0.2, 0.25) is 5.28 Å². The van der Waals surface area contributed by atoms with Gasteiger partial charge in [0.05, 0.1) is 17.1 Å². The van der Waals surface area contributed by atoms with E-state index in [1.807, 2.05) is 18.2 Å². The van der Waals surface area contributed by atoms with Gasteiger partial charge >= 0.3 is 0 Å². The van der Waals surface area contributed by atoms with Gasteiger partial charge in [-0.3, -0.25) is 0 Å². The number of benzene rings is 1. The maximum atomic E-state index is 6.13. The zero-order valence-electron chi connectivity index (χ0n) is 10.5. The minimum absolute atomic E-state index is 0.367. The third-order valence-corrected chi connectivity index (χ3v) is 4.30. The maximum absolute atomic E-state index is 6.13. The van der Waals surface area contributed by atoms with Gasteiger partial charge < -0.3 is 4.90 Å². The third-order valence-electron chi connectivity index (χ3n) is 4.13. The van der Waals surface area contributed by atoms with Crippen LogP contribution >= 0.6 is 11.6 Å². The van der Waals surface area contributed by atoms with Crippen molar-refractivity contribution in [3.63, 3.8) is 0 Å². The molecule has 2 bridgehead atoms. The molecule has 5 rings (SSSR count). The molecule has 0 spiro atoms. The van der Waals surface area contributed by atoms with Crippen LogP contribution in [0.3, 0.4) is 0 Å². The molecule has 19 heavy (non-hydrogen) atoms. The highest BCUT2D eigenvalue weighted by atomic mass is 35.5. The minimum atomic E-state index is 0.367. The molecule has 0 aliphatic carbocycles. The molecule has 0 atom stereocenters. The SMILES string of the molecule is Clc1nc(-c2ccccc2)c2c(n1)C1CCN2CC1. The summed E-state index contributed by atoms with van der Waals surface area (Å²) in [6.07, 6.45) is 2.38. The first-order valence-corrected chi connectivity index (χ1v) is 7.08. The molecule has 3 aliphatic heterocycles. The van der Waals surface area contributed by atoms with Crippen LogP contribution in [0.25, 0.3) is 11.3 Å². The first kappa shape index (κ1) is 11.2. The van der Waals surface area contributed by atoms with Crippen molar-refractivity contribution in [2.24, 2.45) is 0 Å². The standard InChI is InChI=1S/C15H14ClN3/c16-15-17-12(10-4-2-1-3-5-10)14-13(18-15)11-6-8-19(14)9-7-11/h1-5,11H,6-9H2. The minimum Gasteiger partial charge on any atom is -0.368 e. The van der Waals surface area contributed by atoms with Crippen LogP contribution in [0.5, 0.6) is 0 Å². The van der Waals surface area contributed by atoms with E-state index in [9.17, 15) is 0 Å². The van der Waals surface area contributed by atoms with Crippen molar-refractivity contribution < 1.29 is 0 Å². The number of fused-ring (bicyclic) bond motifs is 2. The molecule has 1 aromatic heterocycles. The average molecular weight is 272 g/mol. The molecule has 0 radical (unpaired) electrons. The predicted octanol–water partition coefficient (Wildman–Crippen LogP) is 3.49. The van der Waals surface area contributed by atoms with Crippen LogP contribution in [0.15, 0.2) is 30.3 Å². The first-order valence-electron chi connectivity index (χ1n) is 6.71. The smallest absolute Gasteiger partial charge is 0.223 e. The molecule has 0 amide bonds. The molecule has 4 heteroatoms. The lowest BCUT2D eigenvalue weighted by atomic mass is 9.85. The van der Waals surface area contributed by atoms with Crippen LogP contribution in [0.1, 0.15) is 24.5 Å². The van der Waals surface area contributed by atoms with Crippen LogP contribution in [0, 0.1) is 0 Å². The van der Waals surface area contributed by atoms with E-state index in [0.29, 0.717) is 11.2 Å². The van der Waals surface area contributed by atoms with Crippen molar-refractivity contribution >= 4 is 17.3 Å². The number of rotatable bonds is 1. The van der Waals surface area contributed by atoms with E-state index in [-0.39, 0.29) is 0 Å². The topological polar surface area (TPSA) is 29.0 Å². The van der Waals surface area contributed by atoms with Gasteiger partial charge in [0, 0.05) is 24.6 Å². The second kappa shape index (κ2) is 4.20. The average Bonchev–Trinajstić information content (AvgIpc) is 2.48. The van der Waals surface area contributed by atoms with E-state index >= 15 is 0 Å². The first-order chi connectivity index (χ1) is 9.33. The lowest BCUT2D eigenvalue weighted by Gasteiger charge is -2.42. The van der Waals surface area contributed by atoms with Gasteiger partial charge in [-0.25, -0.2) is 9.97 Å². The highest BCUT2D eigenvalue weighted by Gasteiger charge is 2.35. The fourth-order valence-corrected chi connectivity index (χ4v) is 3.39. The van der Waals surface area contributed by atoms with Gasteiger partial charge in [0.2, 0.25) is 5.28 Å². The fraction of sp³-hybridized carbons (Fsp3) is 0.333. The van der Waals surface area contributed by atoms with Crippen molar-refractivity contribution in [2.75, 3.05) is 18.0 Å². The van der Waals surface area contributed by atoms with E-state index in [0.717, 1.165) is 30.0 Å². The van der Waals surface area contributed by atoms with E-state index in [1.54, 1.807) is 0 Å². The van der Waals surface area contributed by atoms with E-state index in [1.165, 1.54) is 18.5 Å². The molecule has 0 N–H and O–H groups in total. The number of halogens is 1. The molecule has 3 aliphatic rings. The fourth-order valence-electron chi connectivity index (χ4n) is 3.21. The van der Waals surface area contributed by atoms with Crippen molar-refractivity contribution in [1.29, 1.82) is 0 Å². The second-order valence-electron chi connectivity index (χ2n) is 5.20. The van der Waals surface area contributed by atoms with Crippen LogP contribution in [-0.4, -0.2) is 23.1 Å². The normalized spacial score (nSPS) is 17.6. The summed E-state index contributed by atoms with van der Waals surface area (Å²) in [7, 11) is 0. The number of nitrogens with zero attached hydrogens (tertiary/aromatic N) is 3. The molecule has 96 valence electrons. The molecular weight excluding hydrogens is 258 g/mol. The van der Waals surface area contributed by atoms with Crippen molar-refractivity contribution in [1.82, 2.24) is 9.97 Å². The number of hydrogen-bond acceptors (Lipinski definition) is 3. The Morgan fingerprint density at radius 3 is 2.53 bits per heavy atom. The van der Waals surface area contributed by atoms with Crippen molar-refractivity contribution in [2.45, 2.75) is 18.8 Å². The molecule has 3 nitrogen and oxygen atoms in total. The number of anilines is 1. The Balaban J connectivity index is 1.97. The number of hydrogen-bond donors (Lipinski definition) is 0. The summed E-state index contributed by atoms with van der Waals surface area (Å²) in [4.78, 5) is 11.4. The lowest BCUT2D eigenvalue weighted by Crippen LogP contribution is -2.40. The van der Waals surface area contributed by atoms with E-state index in [2.05, 4.69) is 27.0 Å². The van der Waals surface area contributed by atoms with Crippen LogP contribution in [-0.2, 0) is 0 Å². The largest absolute Gasteiger partial charge is 0.368 e. The van der Waals surface area contributed by atoms with E-state index in [4.69, 9.17) is 11.6 Å². The molecule has 1 fully saturated rings. The molecule has 1 saturated heterocycles. The Bertz CT molecular complexity index is 619. The summed E-state index contributed by atoms with van der Waals surface area (Å²) in [5, 5.41) is 0.367. The van der Waals surface area contributed by atoms with Gasteiger partial charge in [0.1, 0.15) is 0 Å². The maximum Gasteiger partial charge on any atom is 0.223 e. The molecule has 0 unspecified atom stereocenters. The number of aromatic nitrogens is 2. The second-order valence-corrected chi connectivity index (χ2v) is 5.54. The Kier molecular flexibility index (Phi) is 2.49. The molecule has 0 saturated carbocycles. The van der Waals surface area contributed by atoms with E-state index < -0.39 is 0 Å². The van der Waals surface area contributed by atoms with Gasteiger partial charge in [0.15, 0.2) is 0 Å². The molecule has 4 heterocycles. The summed E-state index contributed by atoms with van der Waals surface area (Å²) < 4.78 is 0. The predicted molar refractivity (Wildman–Crippen MR) is 76.7 cm³/mol. The Hall–Kier alpha value is -1.61. The van der Waals surface area contributed by atoms with Crippen molar-refractivity contribution in [3.05, 3.63) is 41.3 Å². The summed E-state index contributed by atoms with van der Waals surface area (Å²) in [6, 6.07) is 10.3. The highest BCUT2D eigenvalue weighted by molar-refractivity contribution is 6.28. The summed E-state index contributed by atoms with van der Waals surface area (Å²) in [6.45, 7) is 2.23. The summed E-state index contributed by atoms with van der Waals surface area (Å²) in [5.74, 6) is 0.558. The van der Waals surface area contributed by atoms with Gasteiger partial charge in [0.25, 0.3) is 0 Å². The third kappa shape index (κ3) is 1.72. The quantitative estimate of drug-likeness (QED) is 0.744. The summed E-state index contributed by atoms with van der Waals surface area (Å²) in [5.41, 5.74) is 4.46. The lowest BCUT2D eigenvalue weighted by molar-refractivity contribution is 0.463. The van der Waals surface area contributed by atoms with Gasteiger partial charge in [-0.2, -0.15) is 0 Å². The highest BCUT2D eigenvalue weighted by Crippen LogP contribution is 2.45. The molecule has 1 aromatic carbocycles. The molecular formula is C15H14ClN3. The van der Waals surface area contributed by atoms with Crippen molar-refractivity contribution in [3.8, 4) is 11.3 Å². The zero-order valence-corrected chi connectivity index (χ0v) is 11.3. The van der Waals surface area contributed by atoms with Crippen LogP contribution in [0.4, 0.5) is 5.69 Å². The van der Waals surface area contributed by atoms with Crippen LogP contribution < -0.4 is 4.90 Å². The van der Waals surface area contributed by atoms with Gasteiger partial charge in [-0.1, -0.05) is 30.3 Å². The van der Waals surface area contributed by atoms with Gasteiger partial charge in [-0.05, 0) is 24.4 Å². The Morgan fingerprint density at radius 2 is 1.79 bits per heavy atom. The summed E-state index contributed by atoms with van der Waals surface area (Å²) >= 11 is 6.13. The Labute approximate surface area is 117 Å². The van der Waals surface area contributed by atoms with Gasteiger partial charge in [-0.15, -0.1) is 0 Å². The Morgan fingerprint density at radius 1 is 1.05 bits per heavy atom.